The van der Waals surface area contributed by atoms with Crippen molar-refractivity contribution in [3.63, 3.8) is 0 Å². The van der Waals surface area contributed by atoms with Crippen molar-refractivity contribution in [2.75, 3.05) is 6.54 Å². The topological polar surface area (TPSA) is 74.7 Å². The maximum Gasteiger partial charge on any atom is 0.335 e. The van der Waals surface area contributed by atoms with Gasteiger partial charge in [-0.3, -0.25) is 0 Å². The van der Waals surface area contributed by atoms with Crippen LogP contribution in [0.1, 0.15) is 27.0 Å². The fourth-order valence-corrected chi connectivity index (χ4v) is 4.32. The Morgan fingerprint density at radius 2 is 1.88 bits per heavy atom. The highest BCUT2D eigenvalue weighted by Crippen LogP contribution is 2.28. The minimum absolute atomic E-state index is 0.0317. The van der Waals surface area contributed by atoms with Crippen LogP contribution in [0.5, 0.6) is 0 Å². The third-order valence-corrected chi connectivity index (χ3v) is 6.09. The fraction of sp³-hybridized carbons (Fsp3) is 0.235. The summed E-state index contributed by atoms with van der Waals surface area (Å²) < 4.78 is 40.3. The van der Waals surface area contributed by atoms with Crippen LogP contribution in [0.2, 0.25) is 0 Å². The minimum atomic E-state index is -3.73. The summed E-state index contributed by atoms with van der Waals surface area (Å²) in [6.45, 7) is 2.21. The Morgan fingerprint density at radius 3 is 2.50 bits per heavy atom. The van der Waals surface area contributed by atoms with Crippen molar-refractivity contribution >= 4 is 16.0 Å². The first kappa shape index (κ1) is 16.6. The molecule has 0 saturated heterocycles. The molecular formula is C17H16FNO4S. The van der Waals surface area contributed by atoms with Gasteiger partial charge in [0.25, 0.3) is 0 Å². The molecule has 0 amide bonds. The van der Waals surface area contributed by atoms with Crippen LogP contribution in [0.3, 0.4) is 0 Å². The number of carboxylic acids is 1. The molecule has 1 aliphatic heterocycles. The first-order valence-corrected chi connectivity index (χ1v) is 8.84. The van der Waals surface area contributed by atoms with Gasteiger partial charge >= 0.3 is 5.97 Å². The highest BCUT2D eigenvalue weighted by atomic mass is 32.2. The van der Waals surface area contributed by atoms with E-state index in [4.69, 9.17) is 5.11 Å². The van der Waals surface area contributed by atoms with E-state index in [1.807, 2.05) is 0 Å². The van der Waals surface area contributed by atoms with E-state index in [2.05, 4.69) is 0 Å². The Kier molecular flexibility index (Phi) is 4.15. The fourth-order valence-electron chi connectivity index (χ4n) is 2.92. The summed E-state index contributed by atoms with van der Waals surface area (Å²) in [5.41, 5.74) is 2.42. The molecule has 0 atom stereocenters. The quantitative estimate of drug-likeness (QED) is 0.924. The van der Waals surface area contributed by atoms with Gasteiger partial charge in [0.15, 0.2) is 0 Å². The smallest absolute Gasteiger partial charge is 0.335 e. The Hall–Kier alpha value is -2.25. The van der Waals surface area contributed by atoms with Crippen LogP contribution in [0.15, 0.2) is 41.3 Å². The molecule has 5 nitrogen and oxygen atoms in total. The van der Waals surface area contributed by atoms with Crippen molar-refractivity contribution in [3.8, 4) is 0 Å². The van der Waals surface area contributed by atoms with Gasteiger partial charge in [0.05, 0.1) is 10.5 Å². The van der Waals surface area contributed by atoms with Gasteiger partial charge in [-0.25, -0.2) is 17.6 Å². The summed E-state index contributed by atoms with van der Waals surface area (Å²) in [5.74, 6) is -1.42. The van der Waals surface area contributed by atoms with Crippen LogP contribution < -0.4 is 0 Å². The normalized spacial score (nSPS) is 15.1. The number of hydrogen-bond acceptors (Lipinski definition) is 3. The van der Waals surface area contributed by atoms with E-state index >= 15 is 0 Å². The lowest BCUT2D eigenvalue weighted by atomic mass is 9.96. The second kappa shape index (κ2) is 5.99. The number of benzene rings is 2. The second-order valence-corrected chi connectivity index (χ2v) is 7.72. The number of hydrogen-bond donors (Lipinski definition) is 1. The summed E-state index contributed by atoms with van der Waals surface area (Å²) in [7, 11) is -3.73. The average molecular weight is 349 g/mol. The molecule has 2 aromatic carbocycles. The Morgan fingerprint density at radius 1 is 1.21 bits per heavy atom. The number of rotatable bonds is 3. The highest BCUT2D eigenvalue weighted by molar-refractivity contribution is 7.89. The van der Waals surface area contributed by atoms with Crippen molar-refractivity contribution in [2.24, 2.45) is 0 Å². The Labute approximate surface area is 139 Å². The molecule has 1 N–H and O–H groups in total. The Bertz CT molecular complexity index is 907. The summed E-state index contributed by atoms with van der Waals surface area (Å²) in [6, 6.07) is 7.99. The second-order valence-electron chi connectivity index (χ2n) is 5.78. The SMILES string of the molecule is Cc1cc(F)cc2c1CN(S(=O)(=O)c1ccc(C(=O)O)cc1)CC2. The molecule has 3 rings (SSSR count). The number of sulfonamides is 1. The molecule has 0 radical (unpaired) electrons. The van der Waals surface area contributed by atoms with Gasteiger partial charge in [0, 0.05) is 13.1 Å². The van der Waals surface area contributed by atoms with Crippen molar-refractivity contribution in [1.29, 1.82) is 0 Å². The number of fused-ring (bicyclic) bond motifs is 1. The van der Waals surface area contributed by atoms with Crippen LogP contribution >= 0.6 is 0 Å². The zero-order valence-corrected chi connectivity index (χ0v) is 13.8. The van der Waals surface area contributed by atoms with Crippen LogP contribution in [-0.4, -0.2) is 30.3 Å². The maximum atomic E-state index is 13.5. The first-order valence-electron chi connectivity index (χ1n) is 7.40. The lowest BCUT2D eigenvalue weighted by Gasteiger charge is -2.29. The van der Waals surface area contributed by atoms with E-state index in [0.29, 0.717) is 6.42 Å². The molecule has 0 aliphatic carbocycles. The molecule has 126 valence electrons. The molecule has 0 spiro atoms. The number of halogens is 1. The van der Waals surface area contributed by atoms with E-state index in [-0.39, 0.29) is 29.4 Å². The zero-order chi connectivity index (χ0) is 17.5. The molecule has 0 bridgehead atoms. The van der Waals surface area contributed by atoms with Crippen molar-refractivity contribution in [2.45, 2.75) is 24.8 Å². The van der Waals surface area contributed by atoms with Gasteiger partial charge in [0.2, 0.25) is 10.0 Å². The van der Waals surface area contributed by atoms with E-state index in [1.165, 1.54) is 40.7 Å². The van der Waals surface area contributed by atoms with Gasteiger partial charge in [0.1, 0.15) is 5.82 Å². The van der Waals surface area contributed by atoms with E-state index in [1.54, 1.807) is 6.92 Å². The third-order valence-electron chi connectivity index (χ3n) is 4.23. The molecular weight excluding hydrogens is 333 g/mol. The van der Waals surface area contributed by atoms with Crippen molar-refractivity contribution in [1.82, 2.24) is 4.31 Å². The predicted molar refractivity (Wildman–Crippen MR) is 85.8 cm³/mol. The number of aromatic carboxylic acids is 1. The van der Waals surface area contributed by atoms with E-state index in [0.717, 1.165) is 16.7 Å². The summed E-state index contributed by atoms with van der Waals surface area (Å²) in [6.07, 6.45) is 0.445. The number of carbonyl (C=O) groups is 1. The van der Waals surface area contributed by atoms with Crippen LogP contribution in [-0.2, 0) is 23.0 Å². The zero-order valence-electron chi connectivity index (χ0n) is 13.0. The molecule has 0 fully saturated rings. The van der Waals surface area contributed by atoms with Crippen molar-refractivity contribution in [3.05, 3.63) is 64.5 Å². The highest BCUT2D eigenvalue weighted by Gasteiger charge is 2.29. The standard InChI is InChI=1S/C17H16FNO4S/c1-11-8-14(18)9-13-6-7-19(10-16(11)13)24(22,23)15-4-2-12(3-5-15)17(20)21/h2-5,8-9H,6-7,10H2,1H3,(H,20,21). The predicted octanol–water partition coefficient (Wildman–Crippen LogP) is 2.58. The van der Waals surface area contributed by atoms with E-state index in [9.17, 15) is 17.6 Å². The molecule has 0 unspecified atom stereocenters. The third kappa shape index (κ3) is 2.92. The molecule has 7 heteroatoms. The maximum absolute atomic E-state index is 13.5. The number of nitrogens with zero attached hydrogens (tertiary/aromatic N) is 1. The Balaban J connectivity index is 1.92. The van der Waals surface area contributed by atoms with Gasteiger partial charge in [-0.05, 0) is 66.4 Å². The van der Waals surface area contributed by atoms with Gasteiger partial charge in [-0.1, -0.05) is 0 Å². The van der Waals surface area contributed by atoms with Crippen molar-refractivity contribution < 1.29 is 22.7 Å². The minimum Gasteiger partial charge on any atom is -0.478 e. The molecule has 0 aromatic heterocycles. The summed E-state index contributed by atoms with van der Waals surface area (Å²) in [4.78, 5) is 10.9. The van der Waals surface area contributed by atoms with E-state index < -0.39 is 16.0 Å². The van der Waals surface area contributed by atoms with Crippen LogP contribution in [0, 0.1) is 12.7 Å². The summed E-state index contributed by atoms with van der Waals surface area (Å²) >= 11 is 0. The molecule has 1 heterocycles. The van der Waals surface area contributed by atoms with Gasteiger partial charge in [-0.2, -0.15) is 4.31 Å². The lowest BCUT2D eigenvalue weighted by molar-refractivity contribution is 0.0696. The molecule has 0 saturated carbocycles. The lowest BCUT2D eigenvalue weighted by Crippen LogP contribution is -2.36. The summed E-state index contributed by atoms with van der Waals surface area (Å²) in [5, 5.41) is 8.90. The first-order chi connectivity index (χ1) is 11.3. The molecule has 1 aliphatic rings. The number of aryl methyl sites for hydroxylation is 1. The van der Waals surface area contributed by atoms with Gasteiger partial charge in [-0.15, -0.1) is 0 Å². The molecule has 24 heavy (non-hydrogen) atoms. The number of carboxylic acid groups (broad SMARTS) is 1. The van der Waals surface area contributed by atoms with Crippen LogP contribution in [0.4, 0.5) is 4.39 Å². The van der Waals surface area contributed by atoms with Crippen LogP contribution in [0.25, 0.3) is 0 Å². The largest absolute Gasteiger partial charge is 0.478 e. The average Bonchev–Trinajstić information content (AvgIpc) is 2.54. The van der Waals surface area contributed by atoms with Gasteiger partial charge < -0.3 is 5.11 Å². The molecule has 2 aromatic rings. The monoisotopic (exact) mass is 349 g/mol.